The molecule has 0 saturated carbocycles. The zero-order valence-electron chi connectivity index (χ0n) is 7.59. The molecule has 0 spiro atoms. The second kappa shape index (κ2) is 3.36. The Morgan fingerprint density at radius 1 is 1.00 bits per heavy atom. The molecule has 0 radical (unpaired) electrons. The molecule has 0 heterocycles. The zero-order chi connectivity index (χ0) is 8.32. The second-order valence-electron chi connectivity index (χ2n) is 4.22. The molecule has 1 aromatic rings. The summed E-state index contributed by atoms with van der Waals surface area (Å²) in [5, 5.41) is 0. The molecule has 1 aromatic carbocycles. The van der Waals surface area contributed by atoms with E-state index in [2.05, 4.69) is 50.3 Å². The standard InChI is InChI=1S/C10H17P/c1-11(2,3)9-10-7-5-4-6-8-10/h4-8,11H,9H2,1-3H3. The summed E-state index contributed by atoms with van der Waals surface area (Å²) in [4.78, 5) is 0. The molecule has 0 N–H and O–H groups in total. The van der Waals surface area contributed by atoms with Crippen LogP contribution in [0.5, 0.6) is 0 Å². The van der Waals surface area contributed by atoms with Crippen LogP contribution in [0.15, 0.2) is 30.3 Å². The molecule has 0 aromatic heterocycles. The van der Waals surface area contributed by atoms with E-state index in [1.807, 2.05) is 0 Å². The quantitative estimate of drug-likeness (QED) is 0.596. The van der Waals surface area contributed by atoms with Gasteiger partial charge in [0.1, 0.15) is 0 Å². The van der Waals surface area contributed by atoms with E-state index in [1.54, 1.807) is 0 Å². The molecule has 0 saturated heterocycles. The van der Waals surface area contributed by atoms with Crippen molar-refractivity contribution in [2.75, 3.05) is 20.0 Å². The van der Waals surface area contributed by atoms with Gasteiger partial charge in [0.2, 0.25) is 0 Å². The van der Waals surface area contributed by atoms with Gasteiger partial charge in [0.25, 0.3) is 0 Å². The summed E-state index contributed by atoms with van der Waals surface area (Å²) in [5.74, 6) is 0. The fourth-order valence-corrected chi connectivity index (χ4v) is 2.67. The van der Waals surface area contributed by atoms with E-state index in [0.29, 0.717) is 0 Å². The summed E-state index contributed by atoms with van der Waals surface area (Å²) in [6.07, 6.45) is 1.30. The van der Waals surface area contributed by atoms with Crippen molar-refractivity contribution in [3.05, 3.63) is 35.9 Å². The van der Waals surface area contributed by atoms with Crippen molar-refractivity contribution >= 4 is 7.26 Å². The van der Waals surface area contributed by atoms with Crippen molar-refractivity contribution < 1.29 is 0 Å². The molecule has 11 heavy (non-hydrogen) atoms. The molecule has 0 nitrogen and oxygen atoms in total. The number of benzene rings is 1. The Morgan fingerprint density at radius 2 is 1.55 bits per heavy atom. The fraction of sp³-hybridized carbons (Fsp3) is 0.400. The normalized spacial score (nSPS) is 13.0. The predicted molar refractivity (Wildman–Crippen MR) is 56.2 cm³/mol. The first kappa shape index (κ1) is 8.74. The predicted octanol–water partition coefficient (Wildman–Crippen LogP) is 2.83. The van der Waals surface area contributed by atoms with Crippen molar-refractivity contribution in [2.24, 2.45) is 0 Å². The number of hydrogen-bond donors (Lipinski definition) is 0. The average Bonchev–Trinajstić information content (AvgIpc) is 1.85. The summed E-state index contributed by atoms with van der Waals surface area (Å²) >= 11 is 0. The van der Waals surface area contributed by atoms with Crippen molar-refractivity contribution in [1.82, 2.24) is 0 Å². The van der Waals surface area contributed by atoms with E-state index >= 15 is 0 Å². The van der Waals surface area contributed by atoms with E-state index in [4.69, 9.17) is 0 Å². The van der Waals surface area contributed by atoms with Crippen LogP contribution < -0.4 is 0 Å². The minimum absolute atomic E-state index is 0.898. The Balaban J connectivity index is 2.66. The van der Waals surface area contributed by atoms with Crippen LogP contribution in [-0.2, 0) is 6.16 Å². The second-order valence-corrected chi connectivity index (χ2v) is 9.70. The number of hydrogen-bond acceptors (Lipinski definition) is 0. The van der Waals surface area contributed by atoms with Gasteiger partial charge in [-0.2, -0.15) is 0 Å². The van der Waals surface area contributed by atoms with Crippen LogP contribution in [0.4, 0.5) is 0 Å². The van der Waals surface area contributed by atoms with Crippen molar-refractivity contribution in [3.8, 4) is 0 Å². The van der Waals surface area contributed by atoms with E-state index < -0.39 is 7.26 Å². The maximum absolute atomic E-state index is 2.40. The summed E-state index contributed by atoms with van der Waals surface area (Å²) in [6, 6.07) is 10.8. The molecule has 0 atom stereocenters. The van der Waals surface area contributed by atoms with Gasteiger partial charge in [-0.15, -0.1) is 0 Å². The van der Waals surface area contributed by atoms with Gasteiger partial charge in [-0.05, 0) is 0 Å². The van der Waals surface area contributed by atoms with E-state index in [1.165, 1.54) is 11.7 Å². The SMILES string of the molecule is C[PH](C)(C)Cc1ccccc1. The van der Waals surface area contributed by atoms with Crippen molar-refractivity contribution in [3.63, 3.8) is 0 Å². The molecule has 1 heteroatoms. The Hall–Kier alpha value is -0.350. The van der Waals surface area contributed by atoms with E-state index in [9.17, 15) is 0 Å². The number of rotatable bonds is 2. The zero-order valence-corrected chi connectivity index (χ0v) is 8.59. The Labute approximate surface area is 70.0 Å². The monoisotopic (exact) mass is 168 g/mol. The first-order valence-corrected chi connectivity index (χ1v) is 7.82. The van der Waals surface area contributed by atoms with Crippen LogP contribution in [0.3, 0.4) is 0 Å². The van der Waals surface area contributed by atoms with Gasteiger partial charge in [-0.25, -0.2) is 0 Å². The first-order valence-electron chi connectivity index (χ1n) is 4.12. The van der Waals surface area contributed by atoms with Gasteiger partial charge in [-0.3, -0.25) is 0 Å². The summed E-state index contributed by atoms with van der Waals surface area (Å²) < 4.78 is 0. The molecule has 0 unspecified atom stereocenters. The third kappa shape index (κ3) is 3.53. The van der Waals surface area contributed by atoms with Crippen LogP contribution >= 0.6 is 7.26 Å². The molecule has 1 rings (SSSR count). The molecular formula is C10H17P. The molecular weight excluding hydrogens is 151 g/mol. The van der Waals surface area contributed by atoms with Crippen LogP contribution in [0, 0.1) is 0 Å². The molecule has 0 fully saturated rings. The Morgan fingerprint density at radius 3 is 2.00 bits per heavy atom. The maximum atomic E-state index is 2.40. The van der Waals surface area contributed by atoms with Gasteiger partial charge in [0.15, 0.2) is 0 Å². The van der Waals surface area contributed by atoms with Gasteiger partial charge < -0.3 is 0 Å². The van der Waals surface area contributed by atoms with Crippen LogP contribution in [-0.4, -0.2) is 20.0 Å². The first-order chi connectivity index (χ1) is 5.08. The molecule has 0 aliphatic carbocycles. The van der Waals surface area contributed by atoms with Crippen molar-refractivity contribution in [1.29, 1.82) is 0 Å². The topological polar surface area (TPSA) is 0 Å². The van der Waals surface area contributed by atoms with Gasteiger partial charge in [-0.1, -0.05) is 0 Å². The summed E-state index contributed by atoms with van der Waals surface area (Å²) in [6.45, 7) is 7.21. The summed E-state index contributed by atoms with van der Waals surface area (Å²) in [7, 11) is -0.898. The van der Waals surface area contributed by atoms with Crippen LogP contribution in [0.2, 0.25) is 0 Å². The van der Waals surface area contributed by atoms with Crippen LogP contribution in [0.1, 0.15) is 5.56 Å². The minimum atomic E-state index is -0.898. The molecule has 0 aliphatic rings. The molecule has 0 bridgehead atoms. The van der Waals surface area contributed by atoms with Gasteiger partial charge in [0.05, 0.1) is 0 Å². The molecule has 0 amide bonds. The third-order valence-corrected chi connectivity index (χ3v) is 3.05. The Bertz CT molecular complexity index is 208. The average molecular weight is 168 g/mol. The molecule has 62 valence electrons. The van der Waals surface area contributed by atoms with Crippen LogP contribution in [0.25, 0.3) is 0 Å². The van der Waals surface area contributed by atoms with Gasteiger partial charge >= 0.3 is 69.3 Å². The van der Waals surface area contributed by atoms with E-state index in [0.717, 1.165) is 0 Å². The third-order valence-electron chi connectivity index (χ3n) is 1.58. The van der Waals surface area contributed by atoms with E-state index in [-0.39, 0.29) is 0 Å². The Kier molecular flexibility index (Phi) is 2.67. The van der Waals surface area contributed by atoms with Crippen molar-refractivity contribution in [2.45, 2.75) is 6.16 Å². The molecule has 0 aliphatic heterocycles. The van der Waals surface area contributed by atoms with Gasteiger partial charge in [0, 0.05) is 0 Å². The fourth-order valence-electron chi connectivity index (χ4n) is 1.21. The summed E-state index contributed by atoms with van der Waals surface area (Å²) in [5.41, 5.74) is 1.49.